The van der Waals surface area contributed by atoms with Gasteiger partial charge < -0.3 is 5.11 Å². The molecule has 0 aromatic heterocycles. The van der Waals surface area contributed by atoms with E-state index in [4.69, 9.17) is 6.42 Å². The first kappa shape index (κ1) is 14.0. The summed E-state index contributed by atoms with van der Waals surface area (Å²) in [6.07, 6.45) is 17.1. The highest BCUT2D eigenvalue weighted by atomic mass is 16.3. The Hall–Kier alpha value is -1.59. The number of carbonyl (C=O) groups excluding carboxylic acids is 1. The van der Waals surface area contributed by atoms with Gasteiger partial charge in [-0.15, -0.1) is 6.42 Å². The first-order chi connectivity index (χ1) is 10.5. The van der Waals surface area contributed by atoms with E-state index in [0.29, 0.717) is 24.7 Å². The first-order valence-corrected chi connectivity index (χ1v) is 8.35. The summed E-state index contributed by atoms with van der Waals surface area (Å²) in [6, 6.07) is 0. The maximum atomic E-state index is 11.7. The summed E-state index contributed by atoms with van der Waals surface area (Å²) in [5.74, 6) is 3.84. The SMILES string of the molecule is C#C[C@]1(O)CC[C@@H]2[C@H]3CCC4=CC(=O)CCC4=C3C=C[C@]21C. The van der Waals surface area contributed by atoms with Crippen LogP contribution in [-0.4, -0.2) is 16.5 Å². The van der Waals surface area contributed by atoms with Crippen molar-refractivity contribution in [3.8, 4) is 12.3 Å². The molecule has 4 atom stereocenters. The topological polar surface area (TPSA) is 37.3 Å². The molecule has 22 heavy (non-hydrogen) atoms. The van der Waals surface area contributed by atoms with Crippen LogP contribution >= 0.6 is 0 Å². The van der Waals surface area contributed by atoms with Crippen LogP contribution in [0.4, 0.5) is 0 Å². The van der Waals surface area contributed by atoms with Crippen molar-refractivity contribution in [1.29, 1.82) is 0 Å². The zero-order valence-electron chi connectivity index (χ0n) is 13.1. The van der Waals surface area contributed by atoms with Gasteiger partial charge in [0.05, 0.1) is 0 Å². The Kier molecular flexibility index (Phi) is 2.84. The number of ketones is 1. The summed E-state index contributed by atoms with van der Waals surface area (Å²) >= 11 is 0. The van der Waals surface area contributed by atoms with Crippen LogP contribution in [0.3, 0.4) is 0 Å². The molecule has 0 heterocycles. The lowest BCUT2D eigenvalue weighted by Crippen LogP contribution is -2.46. The van der Waals surface area contributed by atoms with Crippen molar-refractivity contribution >= 4 is 5.78 Å². The van der Waals surface area contributed by atoms with E-state index in [-0.39, 0.29) is 11.2 Å². The standard InChI is InChI=1S/C20H22O2/c1-3-20(22)11-9-18-17-6-4-13-12-14(21)5-7-15(13)16(17)8-10-19(18,20)2/h1,8,10,12,17-18,22H,4-7,9,11H2,2H3/t17-,18+,19+,20-/m0/s1. The molecular formula is C20H22O2. The van der Waals surface area contributed by atoms with Crippen molar-refractivity contribution in [1.82, 2.24) is 0 Å². The zero-order chi connectivity index (χ0) is 15.5. The summed E-state index contributed by atoms with van der Waals surface area (Å²) in [4.78, 5) is 11.7. The molecule has 2 heteroatoms. The van der Waals surface area contributed by atoms with E-state index in [1.165, 1.54) is 16.7 Å². The molecule has 0 aromatic carbocycles. The van der Waals surface area contributed by atoms with Crippen molar-refractivity contribution in [2.75, 3.05) is 0 Å². The molecule has 4 aliphatic rings. The van der Waals surface area contributed by atoms with Crippen LogP contribution in [0.5, 0.6) is 0 Å². The van der Waals surface area contributed by atoms with Gasteiger partial charge in [-0.05, 0) is 66.7 Å². The highest BCUT2D eigenvalue weighted by Crippen LogP contribution is 2.60. The lowest BCUT2D eigenvalue weighted by molar-refractivity contribution is -0.114. The first-order valence-electron chi connectivity index (χ1n) is 8.35. The quantitative estimate of drug-likeness (QED) is 0.696. The number of fused-ring (bicyclic) bond motifs is 4. The van der Waals surface area contributed by atoms with Crippen molar-refractivity contribution in [2.24, 2.45) is 17.3 Å². The average Bonchev–Trinajstić information content (AvgIpc) is 2.79. The van der Waals surface area contributed by atoms with Crippen LogP contribution in [0.1, 0.15) is 45.4 Å². The fourth-order valence-electron chi connectivity index (χ4n) is 5.26. The monoisotopic (exact) mass is 294 g/mol. The molecule has 0 aromatic rings. The summed E-state index contributed by atoms with van der Waals surface area (Å²) in [7, 11) is 0. The van der Waals surface area contributed by atoms with Gasteiger partial charge >= 0.3 is 0 Å². The van der Waals surface area contributed by atoms with Crippen molar-refractivity contribution < 1.29 is 9.90 Å². The third-order valence-corrected chi connectivity index (χ3v) is 6.63. The highest BCUT2D eigenvalue weighted by molar-refractivity contribution is 5.93. The number of hydrogen-bond acceptors (Lipinski definition) is 2. The van der Waals surface area contributed by atoms with E-state index < -0.39 is 5.60 Å². The number of allylic oxidation sites excluding steroid dienone is 5. The normalized spacial score (nSPS) is 43.1. The summed E-state index contributed by atoms with van der Waals surface area (Å²) < 4.78 is 0. The molecule has 0 saturated heterocycles. The van der Waals surface area contributed by atoms with Gasteiger partial charge in [0.25, 0.3) is 0 Å². The smallest absolute Gasteiger partial charge is 0.156 e. The molecule has 1 saturated carbocycles. The fraction of sp³-hybridized carbons (Fsp3) is 0.550. The summed E-state index contributed by atoms with van der Waals surface area (Å²) in [5.41, 5.74) is 2.73. The minimum absolute atomic E-state index is 0.269. The molecule has 0 unspecified atom stereocenters. The van der Waals surface area contributed by atoms with Gasteiger partial charge in [-0.2, -0.15) is 0 Å². The van der Waals surface area contributed by atoms with Gasteiger partial charge in [0, 0.05) is 11.8 Å². The molecule has 1 fully saturated rings. The van der Waals surface area contributed by atoms with E-state index in [1.807, 2.05) is 6.08 Å². The molecule has 0 aliphatic heterocycles. The van der Waals surface area contributed by atoms with Crippen LogP contribution in [0.25, 0.3) is 0 Å². The predicted molar refractivity (Wildman–Crippen MR) is 85.8 cm³/mol. The molecular weight excluding hydrogens is 272 g/mol. The van der Waals surface area contributed by atoms with Crippen LogP contribution in [-0.2, 0) is 4.79 Å². The number of aliphatic hydroxyl groups is 1. The second kappa shape index (κ2) is 4.46. The highest BCUT2D eigenvalue weighted by Gasteiger charge is 2.58. The van der Waals surface area contributed by atoms with Crippen molar-refractivity contribution in [2.45, 2.75) is 51.0 Å². The van der Waals surface area contributed by atoms with E-state index in [2.05, 4.69) is 25.0 Å². The molecule has 4 aliphatic carbocycles. The van der Waals surface area contributed by atoms with Crippen LogP contribution in [0, 0.1) is 29.6 Å². The maximum absolute atomic E-state index is 11.7. The Morgan fingerprint density at radius 1 is 1.32 bits per heavy atom. The number of hydrogen-bond donors (Lipinski definition) is 1. The molecule has 0 spiro atoms. The Bertz CT molecular complexity index is 687. The van der Waals surface area contributed by atoms with E-state index in [9.17, 15) is 9.90 Å². The second-order valence-electron chi connectivity index (χ2n) is 7.48. The molecule has 2 nitrogen and oxygen atoms in total. The van der Waals surface area contributed by atoms with Gasteiger partial charge in [0.1, 0.15) is 5.60 Å². The van der Waals surface area contributed by atoms with E-state index in [1.54, 1.807) is 0 Å². The van der Waals surface area contributed by atoms with Crippen LogP contribution in [0.15, 0.2) is 34.9 Å². The lowest BCUT2D eigenvalue weighted by atomic mass is 9.58. The zero-order valence-corrected chi connectivity index (χ0v) is 13.1. The summed E-state index contributed by atoms with van der Waals surface area (Å²) in [6.45, 7) is 2.12. The average molecular weight is 294 g/mol. The Morgan fingerprint density at radius 2 is 2.14 bits per heavy atom. The van der Waals surface area contributed by atoms with Gasteiger partial charge in [0.15, 0.2) is 5.78 Å². The van der Waals surface area contributed by atoms with E-state index in [0.717, 1.165) is 25.7 Å². The van der Waals surface area contributed by atoms with Gasteiger partial charge in [-0.25, -0.2) is 0 Å². The molecule has 0 bridgehead atoms. The molecule has 114 valence electrons. The number of rotatable bonds is 0. The predicted octanol–water partition coefficient (Wildman–Crippen LogP) is 3.33. The molecule has 4 rings (SSSR count). The number of terminal acetylenes is 1. The van der Waals surface area contributed by atoms with Gasteiger partial charge in [0.2, 0.25) is 0 Å². The van der Waals surface area contributed by atoms with Crippen molar-refractivity contribution in [3.63, 3.8) is 0 Å². The second-order valence-corrected chi connectivity index (χ2v) is 7.48. The minimum Gasteiger partial charge on any atom is -0.377 e. The Balaban J connectivity index is 1.83. The van der Waals surface area contributed by atoms with Crippen molar-refractivity contribution in [3.05, 3.63) is 34.9 Å². The van der Waals surface area contributed by atoms with Gasteiger partial charge in [-0.3, -0.25) is 4.79 Å². The fourth-order valence-corrected chi connectivity index (χ4v) is 5.26. The maximum Gasteiger partial charge on any atom is 0.156 e. The number of carbonyl (C=O) groups is 1. The largest absolute Gasteiger partial charge is 0.377 e. The molecule has 0 radical (unpaired) electrons. The Morgan fingerprint density at radius 3 is 2.91 bits per heavy atom. The van der Waals surface area contributed by atoms with E-state index >= 15 is 0 Å². The Labute approximate surface area is 132 Å². The third kappa shape index (κ3) is 1.64. The minimum atomic E-state index is -1.01. The third-order valence-electron chi connectivity index (χ3n) is 6.63. The molecule has 0 amide bonds. The lowest BCUT2D eigenvalue weighted by Gasteiger charge is -2.46. The van der Waals surface area contributed by atoms with Crippen LogP contribution in [0.2, 0.25) is 0 Å². The summed E-state index contributed by atoms with van der Waals surface area (Å²) in [5, 5.41) is 10.9. The van der Waals surface area contributed by atoms with Gasteiger partial charge in [-0.1, -0.05) is 25.0 Å². The van der Waals surface area contributed by atoms with Crippen LogP contribution < -0.4 is 0 Å². The molecule has 1 N–H and O–H groups in total.